The van der Waals surface area contributed by atoms with Gasteiger partial charge in [-0.15, -0.1) is 0 Å². The SMILES string of the molecule is CNCc1c(Oc2ccc(Br)cc2C)nc2ccccn12. The van der Waals surface area contributed by atoms with Crippen LogP contribution in [0.5, 0.6) is 11.6 Å². The van der Waals surface area contributed by atoms with Gasteiger partial charge in [0.25, 0.3) is 0 Å². The van der Waals surface area contributed by atoms with Gasteiger partial charge in [-0.05, 0) is 49.9 Å². The lowest BCUT2D eigenvalue weighted by Crippen LogP contribution is -2.08. The van der Waals surface area contributed by atoms with Crippen LogP contribution in [0.15, 0.2) is 47.1 Å². The summed E-state index contributed by atoms with van der Waals surface area (Å²) in [6.45, 7) is 2.71. The molecule has 0 saturated carbocycles. The minimum atomic E-state index is 0.640. The van der Waals surface area contributed by atoms with E-state index < -0.39 is 0 Å². The molecule has 0 aliphatic heterocycles. The van der Waals surface area contributed by atoms with Crippen LogP contribution in [-0.2, 0) is 6.54 Å². The van der Waals surface area contributed by atoms with Crippen LogP contribution in [0.25, 0.3) is 5.65 Å². The van der Waals surface area contributed by atoms with Crippen molar-refractivity contribution in [2.75, 3.05) is 7.05 Å². The zero-order chi connectivity index (χ0) is 14.8. The van der Waals surface area contributed by atoms with Crippen molar-refractivity contribution in [3.05, 3.63) is 58.3 Å². The Morgan fingerprint density at radius 2 is 2.14 bits per heavy atom. The fraction of sp³-hybridized carbons (Fsp3) is 0.188. The van der Waals surface area contributed by atoms with Gasteiger partial charge in [0.15, 0.2) is 0 Å². The number of aryl methyl sites for hydroxylation is 1. The third kappa shape index (κ3) is 2.80. The van der Waals surface area contributed by atoms with Gasteiger partial charge in [0.05, 0.1) is 0 Å². The molecule has 2 aromatic heterocycles. The second-order valence-electron chi connectivity index (χ2n) is 4.83. The first-order valence-electron chi connectivity index (χ1n) is 6.73. The Balaban J connectivity index is 2.05. The first kappa shape index (κ1) is 14.1. The summed E-state index contributed by atoms with van der Waals surface area (Å²) in [5.41, 5.74) is 2.96. The molecule has 0 spiro atoms. The van der Waals surface area contributed by atoms with Gasteiger partial charge in [0.1, 0.15) is 17.1 Å². The van der Waals surface area contributed by atoms with Gasteiger partial charge in [-0.1, -0.05) is 22.0 Å². The molecule has 0 aliphatic rings. The average molecular weight is 346 g/mol. The fourth-order valence-corrected chi connectivity index (χ4v) is 2.74. The van der Waals surface area contributed by atoms with Crippen molar-refractivity contribution < 1.29 is 4.74 Å². The van der Waals surface area contributed by atoms with Crippen LogP contribution in [0.4, 0.5) is 0 Å². The molecule has 2 heterocycles. The molecule has 0 radical (unpaired) electrons. The number of ether oxygens (including phenoxy) is 1. The maximum atomic E-state index is 6.04. The highest BCUT2D eigenvalue weighted by molar-refractivity contribution is 9.10. The molecule has 0 aliphatic carbocycles. The Labute approximate surface area is 131 Å². The molecule has 1 aromatic carbocycles. The summed E-state index contributed by atoms with van der Waals surface area (Å²) in [5, 5.41) is 3.16. The van der Waals surface area contributed by atoms with Crippen molar-refractivity contribution >= 4 is 21.6 Å². The van der Waals surface area contributed by atoms with Gasteiger partial charge in [-0.2, -0.15) is 4.98 Å². The van der Waals surface area contributed by atoms with E-state index in [1.807, 2.05) is 61.0 Å². The highest BCUT2D eigenvalue weighted by atomic mass is 79.9. The Bertz CT molecular complexity index is 782. The molecular formula is C16H16BrN3O. The van der Waals surface area contributed by atoms with Crippen LogP contribution >= 0.6 is 15.9 Å². The van der Waals surface area contributed by atoms with Crippen LogP contribution in [-0.4, -0.2) is 16.4 Å². The number of halogens is 1. The maximum absolute atomic E-state index is 6.04. The number of imidazole rings is 1. The van der Waals surface area contributed by atoms with E-state index in [4.69, 9.17) is 4.74 Å². The topological polar surface area (TPSA) is 38.6 Å². The summed E-state index contributed by atoms with van der Waals surface area (Å²) in [4.78, 5) is 4.58. The van der Waals surface area contributed by atoms with Crippen LogP contribution in [0, 0.1) is 6.92 Å². The summed E-state index contributed by atoms with van der Waals surface area (Å²) in [6, 6.07) is 11.9. The molecule has 1 N–H and O–H groups in total. The van der Waals surface area contributed by atoms with E-state index in [1.165, 1.54) is 0 Å². The number of aromatic nitrogens is 2. The Hall–Kier alpha value is -1.85. The molecule has 5 heteroatoms. The molecule has 0 atom stereocenters. The first-order valence-corrected chi connectivity index (χ1v) is 7.53. The predicted octanol–water partition coefficient (Wildman–Crippen LogP) is 3.92. The zero-order valence-corrected chi connectivity index (χ0v) is 13.5. The predicted molar refractivity (Wildman–Crippen MR) is 86.9 cm³/mol. The second kappa shape index (κ2) is 5.87. The Morgan fingerprint density at radius 1 is 1.29 bits per heavy atom. The van der Waals surface area contributed by atoms with Gasteiger partial charge in [0.2, 0.25) is 5.88 Å². The smallest absolute Gasteiger partial charge is 0.242 e. The largest absolute Gasteiger partial charge is 0.437 e. The van der Waals surface area contributed by atoms with Crippen molar-refractivity contribution in [3.63, 3.8) is 0 Å². The molecule has 0 fully saturated rings. The maximum Gasteiger partial charge on any atom is 0.242 e. The van der Waals surface area contributed by atoms with E-state index in [0.29, 0.717) is 12.4 Å². The number of hydrogen-bond donors (Lipinski definition) is 1. The molecule has 21 heavy (non-hydrogen) atoms. The van der Waals surface area contributed by atoms with Crippen molar-refractivity contribution in [3.8, 4) is 11.6 Å². The van der Waals surface area contributed by atoms with Gasteiger partial charge >= 0.3 is 0 Å². The normalized spacial score (nSPS) is 11.0. The standard InChI is InChI=1S/C16H16BrN3O/c1-11-9-12(17)6-7-14(11)21-16-13(10-18-2)20-8-4-3-5-15(20)19-16/h3-9,18H,10H2,1-2H3. The third-order valence-electron chi connectivity index (χ3n) is 3.28. The lowest BCUT2D eigenvalue weighted by Gasteiger charge is -2.09. The average Bonchev–Trinajstić information content (AvgIpc) is 2.81. The van der Waals surface area contributed by atoms with Gasteiger partial charge in [-0.25, -0.2) is 0 Å². The van der Waals surface area contributed by atoms with Crippen molar-refractivity contribution in [2.24, 2.45) is 0 Å². The number of rotatable bonds is 4. The number of benzene rings is 1. The van der Waals surface area contributed by atoms with Crippen LogP contribution in [0.3, 0.4) is 0 Å². The first-order chi connectivity index (χ1) is 10.2. The Morgan fingerprint density at radius 3 is 2.90 bits per heavy atom. The molecule has 0 unspecified atom stereocenters. The minimum absolute atomic E-state index is 0.640. The monoisotopic (exact) mass is 345 g/mol. The Kier molecular flexibility index (Phi) is 3.94. The molecule has 4 nitrogen and oxygen atoms in total. The number of nitrogens with one attached hydrogen (secondary N) is 1. The van der Waals surface area contributed by atoms with Gasteiger partial charge in [-0.3, -0.25) is 4.40 Å². The molecule has 0 bridgehead atoms. The van der Waals surface area contributed by atoms with E-state index in [-0.39, 0.29) is 0 Å². The van der Waals surface area contributed by atoms with E-state index in [9.17, 15) is 0 Å². The number of fused-ring (bicyclic) bond motifs is 1. The number of nitrogens with zero attached hydrogens (tertiary/aromatic N) is 2. The van der Waals surface area contributed by atoms with Crippen molar-refractivity contribution in [1.29, 1.82) is 0 Å². The van der Waals surface area contributed by atoms with Gasteiger partial charge < -0.3 is 10.1 Å². The molecule has 3 aromatic rings. The van der Waals surface area contributed by atoms with Crippen LogP contribution < -0.4 is 10.1 Å². The highest BCUT2D eigenvalue weighted by Gasteiger charge is 2.14. The summed E-state index contributed by atoms with van der Waals surface area (Å²) >= 11 is 3.46. The van der Waals surface area contributed by atoms with Crippen LogP contribution in [0.2, 0.25) is 0 Å². The third-order valence-corrected chi connectivity index (χ3v) is 3.77. The summed E-state index contributed by atoms with van der Waals surface area (Å²) in [5.74, 6) is 1.46. The molecule has 108 valence electrons. The van der Waals surface area contributed by atoms with Crippen molar-refractivity contribution in [2.45, 2.75) is 13.5 Å². The zero-order valence-electron chi connectivity index (χ0n) is 11.9. The van der Waals surface area contributed by atoms with E-state index in [0.717, 1.165) is 27.1 Å². The fourth-order valence-electron chi connectivity index (χ4n) is 2.27. The second-order valence-corrected chi connectivity index (χ2v) is 5.75. The summed E-state index contributed by atoms with van der Waals surface area (Å²) in [7, 11) is 1.91. The number of hydrogen-bond acceptors (Lipinski definition) is 3. The molecule has 0 amide bonds. The minimum Gasteiger partial charge on any atom is -0.437 e. The highest BCUT2D eigenvalue weighted by Crippen LogP contribution is 2.29. The lowest BCUT2D eigenvalue weighted by molar-refractivity contribution is 0.453. The quantitative estimate of drug-likeness (QED) is 0.778. The van der Waals surface area contributed by atoms with E-state index >= 15 is 0 Å². The summed E-state index contributed by atoms with van der Waals surface area (Å²) < 4.78 is 9.12. The van der Waals surface area contributed by atoms with Crippen molar-refractivity contribution in [1.82, 2.24) is 14.7 Å². The van der Waals surface area contributed by atoms with Gasteiger partial charge in [0, 0.05) is 17.2 Å². The number of pyridine rings is 1. The molecule has 3 rings (SSSR count). The lowest BCUT2D eigenvalue weighted by atomic mass is 10.2. The van der Waals surface area contributed by atoms with E-state index in [1.54, 1.807) is 0 Å². The van der Waals surface area contributed by atoms with E-state index in [2.05, 4.69) is 26.2 Å². The summed E-state index contributed by atoms with van der Waals surface area (Å²) in [6.07, 6.45) is 2.00. The molecule has 0 saturated heterocycles. The van der Waals surface area contributed by atoms with Crippen LogP contribution in [0.1, 0.15) is 11.3 Å². The molecular weight excluding hydrogens is 330 g/mol.